The van der Waals surface area contributed by atoms with E-state index in [0.29, 0.717) is 24.9 Å². The monoisotopic (exact) mass is 428 g/mol. The first kappa shape index (κ1) is 22.8. The van der Waals surface area contributed by atoms with Gasteiger partial charge in [-0.05, 0) is 61.1 Å². The molecular weight excluding hydrogens is 401 g/mol. The second-order valence-corrected chi connectivity index (χ2v) is 8.33. The molecule has 30 heavy (non-hydrogen) atoms. The Morgan fingerprint density at radius 1 is 1.27 bits per heavy atom. The van der Waals surface area contributed by atoms with E-state index >= 15 is 0 Å². The van der Waals surface area contributed by atoms with Crippen LogP contribution >= 0.6 is 0 Å². The molecule has 0 aliphatic heterocycles. The van der Waals surface area contributed by atoms with Crippen molar-refractivity contribution >= 4 is 5.97 Å². The predicted molar refractivity (Wildman–Crippen MR) is 102 cm³/mol. The lowest BCUT2D eigenvalue weighted by Gasteiger charge is -2.19. The number of hydrogen-bond donors (Lipinski definition) is 3. The van der Waals surface area contributed by atoms with Crippen LogP contribution in [0.2, 0.25) is 0 Å². The number of aliphatic hydroxyl groups is 2. The number of halogens is 3. The number of benzene rings is 1. The first-order valence-electron chi connectivity index (χ1n) is 10.2. The number of carboxylic acid groups (broad SMARTS) is 1. The van der Waals surface area contributed by atoms with Crippen molar-refractivity contribution in [2.75, 3.05) is 13.2 Å². The minimum Gasteiger partial charge on any atom is -0.480 e. The van der Waals surface area contributed by atoms with Crippen LogP contribution in [0.3, 0.4) is 0 Å². The van der Waals surface area contributed by atoms with Crippen molar-refractivity contribution < 1.29 is 38.0 Å². The number of carboxylic acids is 1. The van der Waals surface area contributed by atoms with E-state index in [9.17, 15) is 28.2 Å². The number of fused-ring (bicyclic) bond motifs is 1. The molecule has 2 saturated carbocycles. The highest BCUT2D eigenvalue weighted by Crippen LogP contribution is 2.51. The summed E-state index contributed by atoms with van der Waals surface area (Å²) < 4.78 is 43.7. The van der Waals surface area contributed by atoms with E-state index in [4.69, 9.17) is 9.84 Å². The molecular formula is C22H27F3O5. The van der Waals surface area contributed by atoms with E-state index < -0.39 is 29.9 Å². The lowest BCUT2D eigenvalue weighted by molar-refractivity contribution is -0.142. The summed E-state index contributed by atoms with van der Waals surface area (Å²) in [5, 5.41) is 29.4. The molecule has 0 heterocycles. The molecule has 2 aliphatic carbocycles. The van der Waals surface area contributed by atoms with E-state index in [1.807, 2.05) is 0 Å². The van der Waals surface area contributed by atoms with Crippen molar-refractivity contribution in [1.82, 2.24) is 0 Å². The highest BCUT2D eigenvalue weighted by atomic mass is 19.4. The predicted octanol–water partition coefficient (Wildman–Crippen LogP) is 3.81. The van der Waals surface area contributed by atoms with E-state index in [2.05, 4.69) is 0 Å². The summed E-state index contributed by atoms with van der Waals surface area (Å²) in [7, 11) is 0. The van der Waals surface area contributed by atoms with Gasteiger partial charge in [0.2, 0.25) is 0 Å². The summed E-state index contributed by atoms with van der Waals surface area (Å²) in [6, 6.07) is 4.61. The average Bonchev–Trinajstić information content (AvgIpc) is 3.19. The summed E-state index contributed by atoms with van der Waals surface area (Å²) >= 11 is 0. The van der Waals surface area contributed by atoms with Crippen LogP contribution in [0.4, 0.5) is 13.2 Å². The first-order valence-corrected chi connectivity index (χ1v) is 10.2. The molecule has 2 aliphatic rings. The van der Waals surface area contributed by atoms with E-state index in [-0.39, 0.29) is 24.0 Å². The van der Waals surface area contributed by atoms with Crippen LogP contribution in [0.25, 0.3) is 0 Å². The van der Waals surface area contributed by atoms with Gasteiger partial charge in [-0.3, -0.25) is 0 Å². The highest BCUT2D eigenvalue weighted by molar-refractivity contribution is 5.67. The van der Waals surface area contributed by atoms with Gasteiger partial charge in [0.15, 0.2) is 0 Å². The fourth-order valence-corrected chi connectivity index (χ4v) is 4.93. The molecule has 0 aromatic heterocycles. The van der Waals surface area contributed by atoms with Crippen LogP contribution in [0, 0.1) is 23.7 Å². The third kappa shape index (κ3) is 5.62. The van der Waals surface area contributed by atoms with Gasteiger partial charge in [0.1, 0.15) is 6.61 Å². The van der Waals surface area contributed by atoms with Crippen molar-refractivity contribution in [1.29, 1.82) is 0 Å². The first-order chi connectivity index (χ1) is 14.1. The Labute approximate surface area is 173 Å². The molecule has 0 radical (unpaired) electrons. The van der Waals surface area contributed by atoms with Crippen LogP contribution in [0.5, 0.6) is 0 Å². The summed E-state index contributed by atoms with van der Waals surface area (Å²) in [6.07, 6.45) is 0.270. The second-order valence-electron chi connectivity index (χ2n) is 8.33. The summed E-state index contributed by atoms with van der Waals surface area (Å²) in [5.74, 6) is -0.156. The molecule has 0 spiro atoms. The van der Waals surface area contributed by atoms with Gasteiger partial charge in [0.05, 0.1) is 17.8 Å². The maximum atomic E-state index is 12.9. The van der Waals surface area contributed by atoms with Gasteiger partial charge in [-0.25, -0.2) is 4.79 Å². The lowest BCUT2D eigenvalue weighted by Crippen LogP contribution is -2.18. The molecule has 5 nitrogen and oxygen atoms in total. The fourth-order valence-electron chi connectivity index (χ4n) is 4.93. The van der Waals surface area contributed by atoms with Crippen LogP contribution in [-0.2, 0) is 15.7 Å². The number of aliphatic hydroxyl groups excluding tert-OH is 2. The SMILES string of the molecule is O=C(O)COCCC1C[C@H]2C[C@H](O)[C@@H](C=CC(O)c3cccc(C(F)(F)F)c3)[C@@H]2C1. The van der Waals surface area contributed by atoms with Gasteiger partial charge in [-0.1, -0.05) is 24.3 Å². The Bertz CT molecular complexity index is 763. The van der Waals surface area contributed by atoms with E-state index in [1.165, 1.54) is 18.2 Å². The van der Waals surface area contributed by atoms with E-state index in [1.54, 1.807) is 6.08 Å². The summed E-state index contributed by atoms with van der Waals surface area (Å²) in [5.41, 5.74) is -0.651. The zero-order valence-corrected chi connectivity index (χ0v) is 16.5. The normalized spacial score (nSPS) is 30.0. The quantitative estimate of drug-likeness (QED) is 0.433. The average molecular weight is 428 g/mol. The fraction of sp³-hybridized carbons (Fsp3) is 0.591. The van der Waals surface area contributed by atoms with Gasteiger partial charge in [-0.2, -0.15) is 13.2 Å². The van der Waals surface area contributed by atoms with Crippen molar-refractivity contribution in [3.63, 3.8) is 0 Å². The summed E-state index contributed by atoms with van der Waals surface area (Å²) in [4.78, 5) is 10.5. The van der Waals surface area contributed by atoms with Gasteiger partial charge < -0.3 is 20.1 Å². The van der Waals surface area contributed by atoms with Crippen LogP contribution in [-0.4, -0.2) is 40.6 Å². The Morgan fingerprint density at radius 2 is 2.03 bits per heavy atom. The number of rotatable bonds is 8. The molecule has 2 fully saturated rings. The van der Waals surface area contributed by atoms with Crippen molar-refractivity contribution in [3.05, 3.63) is 47.5 Å². The molecule has 0 bridgehead atoms. The van der Waals surface area contributed by atoms with Crippen molar-refractivity contribution in [2.45, 2.75) is 44.1 Å². The molecule has 0 saturated heterocycles. The van der Waals surface area contributed by atoms with Gasteiger partial charge in [0, 0.05) is 12.5 Å². The van der Waals surface area contributed by atoms with Crippen molar-refractivity contribution in [3.8, 4) is 0 Å². The number of alkyl halides is 3. The van der Waals surface area contributed by atoms with Gasteiger partial charge in [0.25, 0.3) is 0 Å². The lowest BCUT2D eigenvalue weighted by atomic mass is 9.89. The van der Waals surface area contributed by atoms with Crippen LogP contribution < -0.4 is 0 Å². The minimum atomic E-state index is -4.47. The highest BCUT2D eigenvalue weighted by Gasteiger charge is 2.46. The zero-order valence-electron chi connectivity index (χ0n) is 16.5. The van der Waals surface area contributed by atoms with Crippen LogP contribution in [0.1, 0.15) is 42.9 Å². The minimum absolute atomic E-state index is 0.152. The van der Waals surface area contributed by atoms with Gasteiger partial charge >= 0.3 is 12.1 Å². The Kier molecular flexibility index (Phi) is 7.21. The third-order valence-electron chi connectivity index (χ3n) is 6.30. The van der Waals surface area contributed by atoms with E-state index in [0.717, 1.165) is 31.4 Å². The maximum Gasteiger partial charge on any atom is 0.416 e. The zero-order chi connectivity index (χ0) is 21.9. The Morgan fingerprint density at radius 3 is 2.73 bits per heavy atom. The Hall–Kier alpha value is -1.90. The molecule has 1 aromatic carbocycles. The maximum absolute atomic E-state index is 12.9. The standard InChI is InChI=1S/C22H27F3O5/c23-22(24,25)16-3-1-2-14(10-16)19(26)5-4-17-18-9-13(6-7-30-12-21(28)29)8-15(18)11-20(17)27/h1-5,10,13,15,17-20,26-27H,6-9,11-12H2,(H,28,29)/t13?,15-,17-,18+,19?,20-/m0/s1. The molecule has 1 aromatic rings. The molecule has 3 rings (SSSR count). The molecule has 6 atom stereocenters. The smallest absolute Gasteiger partial charge is 0.416 e. The number of hydrogen-bond acceptors (Lipinski definition) is 4. The second kappa shape index (κ2) is 9.49. The molecule has 3 N–H and O–H groups in total. The Balaban J connectivity index is 1.58. The van der Waals surface area contributed by atoms with Gasteiger partial charge in [-0.15, -0.1) is 0 Å². The molecule has 166 valence electrons. The number of carbonyl (C=O) groups is 1. The van der Waals surface area contributed by atoms with Crippen molar-refractivity contribution in [2.24, 2.45) is 23.7 Å². The molecule has 2 unspecified atom stereocenters. The third-order valence-corrected chi connectivity index (χ3v) is 6.30. The molecule has 0 amide bonds. The number of ether oxygens (including phenoxy) is 1. The largest absolute Gasteiger partial charge is 0.480 e. The topological polar surface area (TPSA) is 87.0 Å². The number of aliphatic carboxylic acids is 1. The summed E-state index contributed by atoms with van der Waals surface area (Å²) in [6.45, 7) is 0.0742. The van der Waals surface area contributed by atoms with Crippen LogP contribution in [0.15, 0.2) is 36.4 Å². The molecule has 8 heteroatoms.